The molecule has 0 aliphatic carbocycles. The zero-order chi connectivity index (χ0) is 16.3. The maximum Gasteiger partial charge on any atom is 0.258 e. The van der Waals surface area contributed by atoms with E-state index in [-0.39, 0.29) is 29.9 Å². The number of hydrogen-bond donors (Lipinski definition) is 1. The second-order valence-corrected chi connectivity index (χ2v) is 8.30. The highest BCUT2D eigenvalue weighted by Gasteiger charge is 2.28. The fourth-order valence-electron chi connectivity index (χ4n) is 2.22. The number of nitrogens with one attached hydrogen (secondary N) is 1. The summed E-state index contributed by atoms with van der Waals surface area (Å²) in [6, 6.07) is 4.58. The van der Waals surface area contributed by atoms with E-state index >= 15 is 0 Å². The van der Waals surface area contributed by atoms with Gasteiger partial charge in [-0.3, -0.25) is 9.59 Å². The smallest absolute Gasteiger partial charge is 0.258 e. The highest BCUT2D eigenvalue weighted by atomic mass is 79.9. The van der Waals surface area contributed by atoms with Gasteiger partial charge in [0.05, 0.1) is 17.1 Å². The van der Waals surface area contributed by atoms with E-state index in [1.165, 1.54) is 6.92 Å². The summed E-state index contributed by atoms with van der Waals surface area (Å²) in [5.41, 5.74) is 0.380. The second kappa shape index (κ2) is 6.78. The predicted molar refractivity (Wildman–Crippen MR) is 84.8 cm³/mol. The molecule has 1 saturated heterocycles. The molecule has 1 amide bonds. The Kier molecular flexibility index (Phi) is 5.23. The monoisotopic (exact) mass is 389 g/mol. The van der Waals surface area contributed by atoms with Crippen LogP contribution in [0, 0.1) is 0 Å². The number of Topliss-reactive ketones (excluding diaryl/α,β-unsaturated/α-hetero) is 1. The van der Waals surface area contributed by atoms with Crippen LogP contribution in [0.4, 0.5) is 0 Å². The minimum Gasteiger partial charge on any atom is -0.483 e. The fourth-order valence-corrected chi connectivity index (χ4v) is 4.26. The molecule has 0 unspecified atom stereocenters. The van der Waals surface area contributed by atoms with E-state index in [0.717, 1.165) is 4.47 Å². The zero-order valence-electron chi connectivity index (χ0n) is 12.0. The standard InChI is InChI=1S/C14H16BrNO5S/c1-9(17)12-6-10(15)2-3-13(12)21-7-14(18)16-11-4-5-22(19,20)8-11/h2-3,6,11H,4-5,7-8H2,1H3,(H,16,18)/t11-/m0/s1. The Bertz CT molecular complexity index is 701. The highest BCUT2D eigenvalue weighted by Crippen LogP contribution is 2.23. The molecule has 1 atom stereocenters. The number of carbonyl (C=O) groups excluding carboxylic acids is 2. The molecule has 0 saturated carbocycles. The van der Waals surface area contributed by atoms with Gasteiger partial charge in [0.2, 0.25) is 0 Å². The molecular formula is C14H16BrNO5S. The van der Waals surface area contributed by atoms with Crippen LogP contribution in [0.5, 0.6) is 5.75 Å². The Labute approximate surface area is 137 Å². The molecule has 8 heteroatoms. The van der Waals surface area contributed by atoms with Crippen LogP contribution in [0.25, 0.3) is 0 Å². The van der Waals surface area contributed by atoms with Crippen LogP contribution >= 0.6 is 15.9 Å². The number of sulfone groups is 1. The molecule has 0 aromatic heterocycles. The van der Waals surface area contributed by atoms with Crippen molar-refractivity contribution < 1.29 is 22.7 Å². The van der Waals surface area contributed by atoms with Gasteiger partial charge in [0, 0.05) is 10.5 Å². The topological polar surface area (TPSA) is 89.5 Å². The Balaban J connectivity index is 1.93. The first kappa shape index (κ1) is 17.0. The van der Waals surface area contributed by atoms with Gasteiger partial charge in [0.25, 0.3) is 5.91 Å². The number of ether oxygens (including phenoxy) is 1. The molecule has 6 nitrogen and oxygen atoms in total. The lowest BCUT2D eigenvalue weighted by Gasteiger charge is -2.13. The lowest BCUT2D eigenvalue weighted by atomic mass is 10.1. The molecule has 1 N–H and O–H groups in total. The number of carbonyl (C=O) groups is 2. The fraction of sp³-hybridized carbons (Fsp3) is 0.429. The molecule has 1 heterocycles. The Morgan fingerprint density at radius 2 is 2.14 bits per heavy atom. The molecule has 22 heavy (non-hydrogen) atoms. The Hall–Kier alpha value is -1.41. The van der Waals surface area contributed by atoms with Crippen LogP contribution < -0.4 is 10.1 Å². The van der Waals surface area contributed by atoms with Gasteiger partial charge >= 0.3 is 0 Å². The third kappa shape index (κ3) is 4.54. The van der Waals surface area contributed by atoms with E-state index in [1.807, 2.05) is 0 Å². The van der Waals surface area contributed by atoms with Crippen LogP contribution in [0.3, 0.4) is 0 Å². The van der Waals surface area contributed by atoms with Crippen molar-refractivity contribution >= 4 is 37.5 Å². The minimum atomic E-state index is -3.04. The number of ketones is 1. The molecule has 1 aliphatic rings. The number of amides is 1. The first-order valence-corrected chi connectivity index (χ1v) is 9.31. The van der Waals surface area contributed by atoms with Crippen molar-refractivity contribution in [2.75, 3.05) is 18.1 Å². The van der Waals surface area contributed by atoms with E-state index < -0.39 is 15.7 Å². The largest absolute Gasteiger partial charge is 0.483 e. The average Bonchev–Trinajstić information content (AvgIpc) is 2.76. The van der Waals surface area contributed by atoms with E-state index in [4.69, 9.17) is 4.74 Å². The van der Waals surface area contributed by atoms with Crippen LogP contribution in [0.1, 0.15) is 23.7 Å². The second-order valence-electron chi connectivity index (χ2n) is 5.15. The normalized spacial score (nSPS) is 19.6. The molecule has 0 radical (unpaired) electrons. The summed E-state index contributed by atoms with van der Waals surface area (Å²) in [6.45, 7) is 1.15. The van der Waals surface area contributed by atoms with Crippen LogP contribution in [0.2, 0.25) is 0 Å². The SMILES string of the molecule is CC(=O)c1cc(Br)ccc1OCC(=O)N[C@H]1CCS(=O)(=O)C1. The lowest BCUT2D eigenvalue weighted by molar-refractivity contribution is -0.123. The van der Waals surface area contributed by atoms with Gasteiger partial charge in [-0.15, -0.1) is 0 Å². The average molecular weight is 390 g/mol. The van der Waals surface area contributed by atoms with Crippen molar-refractivity contribution in [1.29, 1.82) is 0 Å². The first-order valence-electron chi connectivity index (χ1n) is 6.70. The molecule has 120 valence electrons. The van der Waals surface area contributed by atoms with E-state index in [2.05, 4.69) is 21.2 Å². The van der Waals surface area contributed by atoms with Gasteiger partial charge in [0.1, 0.15) is 5.75 Å². The minimum absolute atomic E-state index is 0.0320. The number of hydrogen-bond acceptors (Lipinski definition) is 5. The molecule has 0 bridgehead atoms. The van der Waals surface area contributed by atoms with E-state index in [0.29, 0.717) is 17.7 Å². The zero-order valence-corrected chi connectivity index (χ0v) is 14.4. The van der Waals surface area contributed by atoms with Crippen molar-refractivity contribution in [2.45, 2.75) is 19.4 Å². The summed E-state index contributed by atoms with van der Waals surface area (Å²) in [5, 5.41) is 2.63. The molecule has 1 aliphatic heterocycles. The number of benzene rings is 1. The van der Waals surface area contributed by atoms with Gasteiger partial charge in [-0.05, 0) is 31.5 Å². The van der Waals surface area contributed by atoms with Crippen LogP contribution in [-0.4, -0.2) is 44.3 Å². The predicted octanol–water partition coefficient (Wildman–Crippen LogP) is 1.33. The molecule has 0 spiro atoms. The van der Waals surface area contributed by atoms with Crippen molar-refractivity contribution in [3.63, 3.8) is 0 Å². The maximum atomic E-state index is 11.8. The van der Waals surface area contributed by atoms with Crippen molar-refractivity contribution in [2.24, 2.45) is 0 Å². The Morgan fingerprint density at radius 1 is 1.41 bits per heavy atom. The van der Waals surface area contributed by atoms with Crippen LogP contribution in [-0.2, 0) is 14.6 Å². The summed E-state index contributed by atoms with van der Waals surface area (Å²) in [4.78, 5) is 23.4. The van der Waals surface area contributed by atoms with Gasteiger partial charge in [-0.1, -0.05) is 15.9 Å². The van der Waals surface area contributed by atoms with E-state index in [1.54, 1.807) is 18.2 Å². The lowest BCUT2D eigenvalue weighted by Crippen LogP contribution is -2.38. The highest BCUT2D eigenvalue weighted by molar-refractivity contribution is 9.10. The van der Waals surface area contributed by atoms with Crippen molar-refractivity contribution in [1.82, 2.24) is 5.32 Å². The van der Waals surface area contributed by atoms with Crippen LogP contribution in [0.15, 0.2) is 22.7 Å². The number of rotatable bonds is 5. The summed E-state index contributed by atoms with van der Waals surface area (Å²) in [5.74, 6) is -0.182. The Morgan fingerprint density at radius 3 is 2.73 bits per heavy atom. The maximum absolute atomic E-state index is 11.8. The van der Waals surface area contributed by atoms with Gasteiger partial charge in [-0.25, -0.2) is 8.42 Å². The summed E-state index contributed by atoms with van der Waals surface area (Å²) >= 11 is 3.27. The van der Waals surface area contributed by atoms with Crippen molar-refractivity contribution in [3.05, 3.63) is 28.2 Å². The summed E-state index contributed by atoms with van der Waals surface area (Å²) in [7, 11) is -3.04. The van der Waals surface area contributed by atoms with Crippen molar-refractivity contribution in [3.8, 4) is 5.75 Å². The third-order valence-electron chi connectivity index (χ3n) is 3.28. The first-order chi connectivity index (χ1) is 10.3. The molecule has 1 aromatic rings. The molecular weight excluding hydrogens is 374 g/mol. The molecule has 1 aromatic carbocycles. The summed E-state index contributed by atoms with van der Waals surface area (Å²) < 4.78 is 28.8. The van der Waals surface area contributed by atoms with Gasteiger partial charge in [0.15, 0.2) is 22.2 Å². The molecule has 2 rings (SSSR count). The quantitative estimate of drug-likeness (QED) is 0.767. The van der Waals surface area contributed by atoms with Gasteiger partial charge in [-0.2, -0.15) is 0 Å². The van der Waals surface area contributed by atoms with E-state index in [9.17, 15) is 18.0 Å². The van der Waals surface area contributed by atoms with Gasteiger partial charge < -0.3 is 10.1 Å². The number of halogens is 1. The molecule has 1 fully saturated rings. The summed E-state index contributed by atoms with van der Waals surface area (Å²) in [6.07, 6.45) is 0.422. The third-order valence-corrected chi connectivity index (χ3v) is 5.54.